The molecule has 19 heavy (non-hydrogen) atoms. The number of aromatic nitrogens is 2. The summed E-state index contributed by atoms with van der Waals surface area (Å²) in [5.74, 6) is -2.82. The lowest BCUT2D eigenvalue weighted by Crippen LogP contribution is -2.03. The number of nitrogen functional groups attached to an aromatic ring is 1. The molecule has 1 aromatic heterocycles. The van der Waals surface area contributed by atoms with Gasteiger partial charge in [-0.05, 0) is 6.26 Å². The van der Waals surface area contributed by atoms with Crippen molar-refractivity contribution in [2.45, 2.75) is 5.16 Å². The van der Waals surface area contributed by atoms with Crippen LogP contribution in [0.3, 0.4) is 0 Å². The molecule has 0 saturated heterocycles. The Labute approximate surface area is 111 Å². The van der Waals surface area contributed by atoms with E-state index >= 15 is 0 Å². The van der Waals surface area contributed by atoms with Crippen LogP contribution in [0.25, 0.3) is 0 Å². The Morgan fingerprint density at radius 3 is 2.32 bits per heavy atom. The number of anilines is 3. The summed E-state index contributed by atoms with van der Waals surface area (Å²) in [6, 6.07) is 2.47. The standard InChI is InChI=1S/C11H9F3N4S/c1-19-11-16-8(15)4-9(18-11)17-10-6(13)2-5(12)3-7(10)14/h2-4H,1H3,(H3,15,16,17,18). The van der Waals surface area contributed by atoms with E-state index in [0.717, 1.165) is 0 Å². The van der Waals surface area contributed by atoms with Gasteiger partial charge in [0.05, 0.1) is 0 Å². The fourth-order valence-corrected chi connectivity index (χ4v) is 1.77. The van der Waals surface area contributed by atoms with E-state index in [0.29, 0.717) is 17.3 Å². The van der Waals surface area contributed by atoms with Crippen LogP contribution in [-0.2, 0) is 0 Å². The quantitative estimate of drug-likeness (QED) is 0.671. The molecule has 1 aromatic carbocycles. The second-order valence-corrected chi connectivity index (χ2v) is 4.31. The van der Waals surface area contributed by atoms with Crippen LogP contribution in [0.1, 0.15) is 0 Å². The highest BCUT2D eigenvalue weighted by Gasteiger charge is 2.13. The minimum Gasteiger partial charge on any atom is -0.383 e. The lowest BCUT2D eigenvalue weighted by molar-refractivity contribution is 0.548. The van der Waals surface area contributed by atoms with Gasteiger partial charge in [-0.2, -0.15) is 0 Å². The van der Waals surface area contributed by atoms with Crippen LogP contribution in [0.5, 0.6) is 0 Å². The zero-order valence-electron chi connectivity index (χ0n) is 9.75. The average Bonchev–Trinajstić information content (AvgIpc) is 2.33. The maximum Gasteiger partial charge on any atom is 0.191 e. The van der Waals surface area contributed by atoms with Crippen molar-refractivity contribution in [1.82, 2.24) is 9.97 Å². The summed E-state index contributed by atoms with van der Waals surface area (Å²) in [5.41, 5.74) is 5.04. The molecule has 2 rings (SSSR count). The number of benzene rings is 1. The predicted octanol–water partition coefficient (Wildman–Crippen LogP) is 2.94. The molecule has 0 atom stereocenters. The van der Waals surface area contributed by atoms with Crippen LogP contribution >= 0.6 is 11.8 Å². The number of hydrogen-bond acceptors (Lipinski definition) is 5. The molecule has 0 radical (unpaired) electrons. The highest BCUT2D eigenvalue weighted by atomic mass is 32.2. The fourth-order valence-electron chi connectivity index (χ4n) is 1.39. The van der Waals surface area contributed by atoms with Gasteiger partial charge in [0, 0.05) is 18.2 Å². The van der Waals surface area contributed by atoms with Crippen LogP contribution in [0.15, 0.2) is 23.4 Å². The van der Waals surface area contributed by atoms with Crippen molar-refractivity contribution in [3.63, 3.8) is 0 Å². The lowest BCUT2D eigenvalue weighted by Gasteiger charge is -2.09. The first-order valence-corrected chi connectivity index (χ1v) is 6.32. The Kier molecular flexibility index (Phi) is 3.79. The Morgan fingerprint density at radius 1 is 1.11 bits per heavy atom. The van der Waals surface area contributed by atoms with Crippen LogP contribution in [0, 0.1) is 17.5 Å². The van der Waals surface area contributed by atoms with Gasteiger partial charge in [-0.3, -0.25) is 0 Å². The van der Waals surface area contributed by atoms with E-state index in [9.17, 15) is 13.2 Å². The van der Waals surface area contributed by atoms with E-state index < -0.39 is 23.1 Å². The summed E-state index contributed by atoms with van der Waals surface area (Å²) < 4.78 is 39.7. The molecule has 100 valence electrons. The van der Waals surface area contributed by atoms with Gasteiger partial charge < -0.3 is 11.1 Å². The van der Waals surface area contributed by atoms with E-state index in [2.05, 4.69) is 15.3 Å². The van der Waals surface area contributed by atoms with E-state index in [-0.39, 0.29) is 11.6 Å². The zero-order valence-corrected chi connectivity index (χ0v) is 10.6. The molecule has 0 fully saturated rings. The monoisotopic (exact) mass is 286 g/mol. The second kappa shape index (κ2) is 5.35. The van der Waals surface area contributed by atoms with Crippen molar-refractivity contribution < 1.29 is 13.2 Å². The first-order chi connectivity index (χ1) is 8.99. The minimum atomic E-state index is -1.06. The maximum atomic E-state index is 13.5. The number of thioether (sulfide) groups is 1. The Bertz CT molecular complexity index is 598. The Hall–Kier alpha value is -1.96. The number of halogens is 3. The Morgan fingerprint density at radius 2 is 1.74 bits per heavy atom. The van der Waals surface area contributed by atoms with Crippen molar-refractivity contribution in [3.8, 4) is 0 Å². The molecular weight excluding hydrogens is 277 g/mol. The third kappa shape index (κ3) is 3.08. The number of nitrogens with zero attached hydrogens (tertiary/aromatic N) is 2. The third-order valence-corrected chi connectivity index (χ3v) is 2.72. The van der Waals surface area contributed by atoms with Crippen LogP contribution in [0.2, 0.25) is 0 Å². The zero-order chi connectivity index (χ0) is 14.0. The van der Waals surface area contributed by atoms with Crippen LogP contribution in [-0.4, -0.2) is 16.2 Å². The van der Waals surface area contributed by atoms with Crippen molar-refractivity contribution in [2.24, 2.45) is 0 Å². The topological polar surface area (TPSA) is 63.8 Å². The normalized spacial score (nSPS) is 10.5. The largest absolute Gasteiger partial charge is 0.383 e. The van der Waals surface area contributed by atoms with Crippen molar-refractivity contribution in [2.75, 3.05) is 17.3 Å². The number of rotatable bonds is 3. The first kappa shape index (κ1) is 13.5. The van der Waals surface area contributed by atoms with E-state index in [4.69, 9.17) is 5.73 Å². The van der Waals surface area contributed by atoms with E-state index in [1.165, 1.54) is 17.8 Å². The highest BCUT2D eigenvalue weighted by molar-refractivity contribution is 7.98. The number of nitrogens with one attached hydrogen (secondary N) is 1. The molecule has 0 bridgehead atoms. The maximum absolute atomic E-state index is 13.5. The molecule has 0 aliphatic rings. The molecular formula is C11H9F3N4S. The summed E-state index contributed by atoms with van der Waals surface area (Å²) in [6.07, 6.45) is 1.73. The van der Waals surface area contributed by atoms with Gasteiger partial charge >= 0.3 is 0 Å². The number of nitrogens with two attached hydrogens (primary N) is 1. The molecule has 3 N–H and O–H groups in total. The molecule has 4 nitrogen and oxygen atoms in total. The summed E-state index contributed by atoms with van der Waals surface area (Å²) in [6.45, 7) is 0. The van der Waals surface area contributed by atoms with Crippen LogP contribution < -0.4 is 11.1 Å². The molecule has 0 saturated carbocycles. The molecule has 2 aromatic rings. The van der Waals surface area contributed by atoms with E-state index in [1.54, 1.807) is 6.26 Å². The molecule has 1 heterocycles. The van der Waals surface area contributed by atoms with Crippen molar-refractivity contribution in [3.05, 3.63) is 35.7 Å². The molecule has 0 spiro atoms. The van der Waals surface area contributed by atoms with Gasteiger partial charge in [-0.15, -0.1) is 0 Å². The molecule has 0 aliphatic carbocycles. The van der Waals surface area contributed by atoms with Gasteiger partial charge in [0.25, 0.3) is 0 Å². The van der Waals surface area contributed by atoms with Crippen molar-refractivity contribution >= 4 is 29.1 Å². The minimum absolute atomic E-state index is 0.126. The summed E-state index contributed by atoms with van der Waals surface area (Å²) >= 11 is 1.23. The predicted molar refractivity (Wildman–Crippen MR) is 67.8 cm³/mol. The third-order valence-electron chi connectivity index (χ3n) is 2.17. The van der Waals surface area contributed by atoms with Gasteiger partial charge in [-0.1, -0.05) is 11.8 Å². The van der Waals surface area contributed by atoms with Gasteiger partial charge in [0.1, 0.15) is 23.1 Å². The molecule has 8 heteroatoms. The summed E-state index contributed by atoms with van der Waals surface area (Å²) in [4.78, 5) is 7.88. The molecule has 0 unspecified atom stereocenters. The van der Waals surface area contributed by atoms with Gasteiger partial charge in [-0.25, -0.2) is 23.1 Å². The smallest absolute Gasteiger partial charge is 0.191 e. The molecule has 0 aliphatic heterocycles. The van der Waals surface area contributed by atoms with E-state index in [1.807, 2.05) is 0 Å². The molecule has 0 amide bonds. The van der Waals surface area contributed by atoms with Gasteiger partial charge in [0.15, 0.2) is 16.8 Å². The Balaban J connectivity index is 2.39. The average molecular weight is 286 g/mol. The number of hydrogen-bond donors (Lipinski definition) is 2. The van der Waals surface area contributed by atoms with Crippen LogP contribution in [0.4, 0.5) is 30.5 Å². The SMILES string of the molecule is CSc1nc(N)cc(Nc2c(F)cc(F)cc2F)n1. The van der Waals surface area contributed by atoms with Gasteiger partial charge in [0.2, 0.25) is 0 Å². The summed E-state index contributed by atoms with van der Waals surface area (Å²) in [7, 11) is 0. The highest BCUT2D eigenvalue weighted by Crippen LogP contribution is 2.25. The van der Waals surface area contributed by atoms with Crippen molar-refractivity contribution in [1.29, 1.82) is 0 Å². The fraction of sp³-hybridized carbons (Fsp3) is 0.0909. The lowest BCUT2D eigenvalue weighted by atomic mass is 10.2. The summed E-state index contributed by atoms with van der Waals surface area (Å²) in [5, 5.41) is 2.77. The first-order valence-electron chi connectivity index (χ1n) is 5.09. The second-order valence-electron chi connectivity index (χ2n) is 3.53.